The fraction of sp³-hybridized carbons (Fsp3) is 0.300. The summed E-state index contributed by atoms with van der Waals surface area (Å²) in [5.74, 6) is -0.0829. The lowest BCUT2D eigenvalue weighted by atomic mass is 10.0. The summed E-state index contributed by atoms with van der Waals surface area (Å²) in [4.78, 5) is 25.5. The average Bonchev–Trinajstić information content (AvgIpc) is 3.07. The topological polar surface area (TPSA) is 46.2 Å². The number of aryl methyl sites for hydroxylation is 2. The summed E-state index contributed by atoms with van der Waals surface area (Å²) in [6.07, 6.45) is 5.79. The number of thioether (sulfide) groups is 1. The van der Waals surface area contributed by atoms with Crippen LogP contribution in [0.15, 0.2) is 47.4 Å². The summed E-state index contributed by atoms with van der Waals surface area (Å²) in [5.41, 5.74) is 4.15. The molecule has 0 saturated heterocycles. The van der Waals surface area contributed by atoms with Crippen molar-refractivity contribution in [2.75, 3.05) is 11.6 Å². The van der Waals surface area contributed by atoms with Crippen LogP contribution in [0.25, 0.3) is 0 Å². The minimum absolute atomic E-state index is 0.0396. The van der Waals surface area contributed by atoms with Gasteiger partial charge in [-0.3, -0.25) is 9.59 Å². The Bertz CT molecular complexity index is 770. The standard InChI is InChI=1S/C20H21NO2S/c1-24-18-7-3-6-17(13-18)21-20(23)11-10-19(22)16-9-8-14-4-2-5-15(14)12-16/h3,6-9,12-13H,2,4-5,10-11H2,1H3,(H,21,23). The first kappa shape index (κ1) is 16.8. The fourth-order valence-electron chi connectivity index (χ4n) is 3.04. The number of anilines is 1. The average molecular weight is 339 g/mol. The first-order chi connectivity index (χ1) is 11.7. The van der Waals surface area contributed by atoms with Gasteiger partial charge < -0.3 is 5.32 Å². The number of carbonyl (C=O) groups excluding carboxylic acids is 2. The normalized spacial score (nSPS) is 12.7. The molecule has 3 rings (SSSR count). The number of nitrogens with one attached hydrogen (secondary N) is 1. The van der Waals surface area contributed by atoms with Crippen LogP contribution in [0.4, 0.5) is 5.69 Å². The van der Waals surface area contributed by atoms with Gasteiger partial charge in [-0.25, -0.2) is 0 Å². The minimum atomic E-state index is -0.122. The Morgan fingerprint density at radius 3 is 2.71 bits per heavy atom. The maximum absolute atomic E-state index is 12.3. The second kappa shape index (κ2) is 7.67. The Kier molecular flexibility index (Phi) is 5.36. The molecular weight excluding hydrogens is 318 g/mol. The number of carbonyl (C=O) groups is 2. The predicted molar refractivity (Wildman–Crippen MR) is 98.9 cm³/mol. The van der Waals surface area contributed by atoms with Crippen LogP contribution >= 0.6 is 11.8 Å². The summed E-state index contributed by atoms with van der Waals surface area (Å²) in [7, 11) is 0. The van der Waals surface area contributed by atoms with Crippen molar-refractivity contribution in [2.24, 2.45) is 0 Å². The number of ketones is 1. The van der Waals surface area contributed by atoms with Crippen LogP contribution in [0.3, 0.4) is 0 Å². The summed E-state index contributed by atoms with van der Waals surface area (Å²) in [5, 5.41) is 2.86. The second-order valence-electron chi connectivity index (χ2n) is 6.04. The van der Waals surface area contributed by atoms with Crippen molar-refractivity contribution in [3.8, 4) is 0 Å². The second-order valence-corrected chi connectivity index (χ2v) is 6.92. The van der Waals surface area contributed by atoms with Crippen molar-refractivity contribution in [2.45, 2.75) is 37.0 Å². The predicted octanol–water partition coefficient (Wildman–Crippen LogP) is 4.50. The molecule has 0 aromatic heterocycles. The zero-order valence-corrected chi connectivity index (χ0v) is 14.6. The Morgan fingerprint density at radius 1 is 1.04 bits per heavy atom. The summed E-state index contributed by atoms with van der Waals surface area (Å²) in [6, 6.07) is 13.7. The Labute approximate surface area is 146 Å². The van der Waals surface area contributed by atoms with Crippen molar-refractivity contribution < 1.29 is 9.59 Å². The van der Waals surface area contributed by atoms with E-state index in [1.54, 1.807) is 11.8 Å². The zero-order chi connectivity index (χ0) is 16.9. The number of fused-ring (bicyclic) bond motifs is 1. The number of benzene rings is 2. The molecule has 1 amide bonds. The molecule has 0 fully saturated rings. The van der Waals surface area contributed by atoms with Crippen LogP contribution in [0, 0.1) is 0 Å². The van der Waals surface area contributed by atoms with Crippen LogP contribution in [-0.4, -0.2) is 17.9 Å². The van der Waals surface area contributed by atoms with Gasteiger partial charge >= 0.3 is 0 Å². The van der Waals surface area contributed by atoms with Gasteiger partial charge in [-0.2, -0.15) is 0 Å². The lowest BCUT2D eigenvalue weighted by Crippen LogP contribution is -2.13. The van der Waals surface area contributed by atoms with E-state index >= 15 is 0 Å². The molecule has 0 atom stereocenters. The van der Waals surface area contributed by atoms with E-state index in [0.717, 1.165) is 29.0 Å². The van der Waals surface area contributed by atoms with Gasteiger partial charge in [0.1, 0.15) is 0 Å². The molecule has 1 N–H and O–H groups in total. The van der Waals surface area contributed by atoms with E-state index < -0.39 is 0 Å². The molecule has 3 nitrogen and oxygen atoms in total. The zero-order valence-electron chi connectivity index (χ0n) is 13.8. The highest BCUT2D eigenvalue weighted by Crippen LogP contribution is 2.23. The van der Waals surface area contributed by atoms with Crippen molar-refractivity contribution in [3.05, 3.63) is 59.2 Å². The van der Waals surface area contributed by atoms with Crippen molar-refractivity contribution >= 4 is 29.1 Å². The monoisotopic (exact) mass is 339 g/mol. The van der Waals surface area contributed by atoms with Gasteiger partial charge in [0, 0.05) is 29.0 Å². The van der Waals surface area contributed by atoms with Gasteiger partial charge in [0.2, 0.25) is 5.91 Å². The molecule has 0 spiro atoms. The maximum atomic E-state index is 12.3. The third kappa shape index (κ3) is 4.06. The van der Waals surface area contributed by atoms with E-state index in [-0.39, 0.29) is 24.5 Å². The third-order valence-electron chi connectivity index (χ3n) is 4.35. The molecule has 4 heteroatoms. The molecule has 124 valence electrons. The van der Waals surface area contributed by atoms with Gasteiger partial charge in [-0.1, -0.05) is 18.2 Å². The Balaban J connectivity index is 1.54. The third-order valence-corrected chi connectivity index (χ3v) is 5.08. The maximum Gasteiger partial charge on any atom is 0.224 e. The van der Waals surface area contributed by atoms with E-state index in [0.29, 0.717) is 0 Å². The van der Waals surface area contributed by atoms with E-state index in [2.05, 4.69) is 11.4 Å². The Morgan fingerprint density at radius 2 is 1.88 bits per heavy atom. The van der Waals surface area contributed by atoms with Gasteiger partial charge in [0.25, 0.3) is 0 Å². The minimum Gasteiger partial charge on any atom is -0.326 e. The SMILES string of the molecule is CSc1cccc(NC(=O)CCC(=O)c2ccc3c(c2)CCC3)c1. The molecule has 1 aliphatic rings. The van der Waals surface area contributed by atoms with Crippen LogP contribution in [0.5, 0.6) is 0 Å². The number of rotatable bonds is 6. The van der Waals surface area contributed by atoms with Crippen LogP contribution < -0.4 is 5.32 Å². The van der Waals surface area contributed by atoms with Gasteiger partial charge in [-0.15, -0.1) is 11.8 Å². The summed E-state index contributed by atoms with van der Waals surface area (Å²) >= 11 is 1.63. The highest BCUT2D eigenvalue weighted by atomic mass is 32.2. The lowest BCUT2D eigenvalue weighted by Gasteiger charge is -2.07. The molecule has 2 aromatic rings. The molecule has 0 radical (unpaired) electrons. The molecule has 0 unspecified atom stereocenters. The van der Waals surface area contributed by atoms with E-state index in [9.17, 15) is 9.59 Å². The number of amides is 1. The Hall–Kier alpha value is -2.07. The lowest BCUT2D eigenvalue weighted by molar-refractivity contribution is -0.116. The van der Waals surface area contributed by atoms with Crippen molar-refractivity contribution in [3.63, 3.8) is 0 Å². The van der Waals surface area contributed by atoms with Crippen LogP contribution in [0.1, 0.15) is 40.7 Å². The van der Waals surface area contributed by atoms with Crippen molar-refractivity contribution in [1.82, 2.24) is 0 Å². The summed E-state index contributed by atoms with van der Waals surface area (Å²) in [6.45, 7) is 0. The summed E-state index contributed by atoms with van der Waals surface area (Å²) < 4.78 is 0. The largest absolute Gasteiger partial charge is 0.326 e. The van der Waals surface area contributed by atoms with E-state index in [1.807, 2.05) is 42.7 Å². The number of hydrogen-bond acceptors (Lipinski definition) is 3. The first-order valence-electron chi connectivity index (χ1n) is 8.24. The molecule has 24 heavy (non-hydrogen) atoms. The quantitative estimate of drug-likeness (QED) is 0.622. The fourth-order valence-corrected chi connectivity index (χ4v) is 3.50. The van der Waals surface area contributed by atoms with Gasteiger partial charge in [0.15, 0.2) is 5.78 Å². The number of hydrogen-bond donors (Lipinski definition) is 1. The number of Topliss-reactive ketones (excluding diaryl/α,β-unsaturated/α-hetero) is 1. The molecule has 2 aromatic carbocycles. The van der Waals surface area contributed by atoms with E-state index in [1.165, 1.54) is 17.5 Å². The molecule has 0 aliphatic heterocycles. The van der Waals surface area contributed by atoms with E-state index in [4.69, 9.17) is 0 Å². The molecular formula is C20H21NO2S. The first-order valence-corrected chi connectivity index (χ1v) is 9.47. The smallest absolute Gasteiger partial charge is 0.224 e. The highest BCUT2D eigenvalue weighted by Gasteiger charge is 2.15. The molecule has 1 aliphatic carbocycles. The van der Waals surface area contributed by atoms with Crippen LogP contribution in [-0.2, 0) is 17.6 Å². The van der Waals surface area contributed by atoms with Gasteiger partial charge in [0.05, 0.1) is 0 Å². The van der Waals surface area contributed by atoms with Crippen molar-refractivity contribution in [1.29, 1.82) is 0 Å². The highest BCUT2D eigenvalue weighted by molar-refractivity contribution is 7.98. The molecule has 0 heterocycles. The van der Waals surface area contributed by atoms with Crippen LogP contribution in [0.2, 0.25) is 0 Å². The molecule has 0 saturated carbocycles. The van der Waals surface area contributed by atoms with Gasteiger partial charge in [-0.05, 0) is 60.9 Å². The molecule has 0 bridgehead atoms.